The molecule has 1 unspecified atom stereocenters. The van der Waals surface area contributed by atoms with Crippen LogP contribution in [0.15, 0.2) is 24.3 Å². The second kappa shape index (κ2) is 3.81. The van der Waals surface area contributed by atoms with Crippen molar-refractivity contribution < 1.29 is 14.3 Å². The zero-order valence-electron chi connectivity index (χ0n) is 9.82. The molecule has 1 aliphatic heterocycles. The molecule has 1 fully saturated rings. The van der Waals surface area contributed by atoms with E-state index in [0.717, 1.165) is 11.3 Å². The van der Waals surface area contributed by atoms with E-state index in [0.29, 0.717) is 6.42 Å². The molecule has 0 spiro atoms. The van der Waals surface area contributed by atoms with Crippen molar-refractivity contribution in [3.8, 4) is 5.75 Å². The Labute approximate surface area is 95.4 Å². The molecule has 0 amide bonds. The van der Waals surface area contributed by atoms with E-state index in [9.17, 15) is 4.79 Å². The van der Waals surface area contributed by atoms with Gasteiger partial charge in [0.05, 0.1) is 12.5 Å². The van der Waals surface area contributed by atoms with Crippen molar-refractivity contribution >= 4 is 5.97 Å². The van der Waals surface area contributed by atoms with Crippen LogP contribution in [-0.2, 0) is 9.53 Å². The summed E-state index contributed by atoms with van der Waals surface area (Å²) in [6, 6.07) is 7.66. The van der Waals surface area contributed by atoms with Gasteiger partial charge in [0.1, 0.15) is 11.9 Å². The van der Waals surface area contributed by atoms with E-state index >= 15 is 0 Å². The first-order valence-corrected chi connectivity index (χ1v) is 5.38. The highest BCUT2D eigenvalue weighted by Gasteiger charge is 2.42. The standard InChI is InChI=1S/C13H16O3/c1-13(2)8-11(16-12(13)14)9-6-4-5-7-10(9)15-3/h4-7,11H,8H2,1-3H3. The minimum absolute atomic E-state index is 0.136. The molecule has 0 bridgehead atoms. The van der Waals surface area contributed by atoms with Crippen molar-refractivity contribution in [1.82, 2.24) is 0 Å². The summed E-state index contributed by atoms with van der Waals surface area (Å²) in [5, 5.41) is 0. The average Bonchev–Trinajstić information content (AvgIpc) is 2.53. The molecule has 3 nitrogen and oxygen atoms in total. The van der Waals surface area contributed by atoms with Crippen LogP contribution in [0.25, 0.3) is 0 Å². The average molecular weight is 220 g/mol. The predicted molar refractivity (Wildman–Crippen MR) is 60.2 cm³/mol. The van der Waals surface area contributed by atoms with Crippen LogP contribution < -0.4 is 4.74 Å². The van der Waals surface area contributed by atoms with Crippen molar-refractivity contribution in [2.45, 2.75) is 26.4 Å². The van der Waals surface area contributed by atoms with Gasteiger partial charge >= 0.3 is 5.97 Å². The smallest absolute Gasteiger partial charge is 0.312 e. The van der Waals surface area contributed by atoms with Gasteiger partial charge in [-0.3, -0.25) is 4.79 Å². The first-order chi connectivity index (χ1) is 7.54. The Morgan fingerprint density at radius 2 is 2.06 bits per heavy atom. The van der Waals surface area contributed by atoms with Crippen molar-refractivity contribution in [2.24, 2.45) is 5.41 Å². The van der Waals surface area contributed by atoms with Gasteiger partial charge in [0.2, 0.25) is 0 Å². The molecule has 2 rings (SSSR count). The third-order valence-corrected chi connectivity index (χ3v) is 2.98. The molecule has 1 aliphatic rings. The fourth-order valence-corrected chi connectivity index (χ4v) is 1.98. The van der Waals surface area contributed by atoms with Gasteiger partial charge in [-0.25, -0.2) is 0 Å². The van der Waals surface area contributed by atoms with Crippen molar-refractivity contribution in [2.75, 3.05) is 7.11 Å². The van der Waals surface area contributed by atoms with E-state index < -0.39 is 5.41 Å². The Morgan fingerprint density at radius 3 is 2.62 bits per heavy atom. The first kappa shape index (κ1) is 11.0. The number of cyclic esters (lactones) is 1. The van der Waals surface area contributed by atoms with Crippen LogP contribution in [0.1, 0.15) is 31.9 Å². The summed E-state index contributed by atoms with van der Waals surface area (Å²) in [4.78, 5) is 11.6. The third-order valence-electron chi connectivity index (χ3n) is 2.98. The highest BCUT2D eigenvalue weighted by atomic mass is 16.6. The fraction of sp³-hybridized carbons (Fsp3) is 0.462. The molecule has 1 aromatic rings. The molecule has 16 heavy (non-hydrogen) atoms. The van der Waals surface area contributed by atoms with E-state index in [1.165, 1.54) is 0 Å². The van der Waals surface area contributed by atoms with Crippen LogP contribution in [0, 0.1) is 5.41 Å². The SMILES string of the molecule is COc1ccccc1C1CC(C)(C)C(=O)O1. The van der Waals surface area contributed by atoms with Crippen LogP contribution in [-0.4, -0.2) is 13.1 Å². The number of benzene rings is 1. The monoisotopic (exact) mass is 220 g/mol. The molecular formula is C13H16O3. The van der Waals surface area contributed by atoms with E-state index in [2.05, 4.69) is 0 Å². The summed E-state index contributed by atoms with van der Waals surface area (Å²) >= 11 is 0. The molecule has 3 heteroatoms. The van der Waals surface area contributed by atoms with Crippen molar-refractivity contribution in [3.05, 3.63) is 29.8 Å². The second-order valence-corrected chi connectivity index (χ2v) is 4.72. The second-order valence-electron chi connectivity index (χ2n) is 4.72. The van der Waals surface area contributed by atoms with Gasteiger partial charge in [0, 0.05) is 12.0 Å². The minimum atomic E-state index is -0.397. The summed E-state index contributed by atoms with van der Waals surface area (Å²) in [5.74, 6) is 0.640. The van der Waals surface area contributed by atoms with Gasteiger partial charge in [-0.1, -0.05) is 18.2 Å². The van der Waals surface area contributed by atoms with E-state index in [-0.39, 0.29) is 12.1 Å². The Kier molecular flexibility index (Phi) is 2.62. The zero-order valence-corrected chi connectivity index (χ0v) is 9.82. The fourth-order valence-electron chi connectivity index (χ4n) is 1.98. The van der Waals surface area contributed by atoms with Gasteiger partial charge < -0.3 is 9.47 Å². The van der Waals surface area contributed by atoms with Gasteiger partial charge in [0.15, 0.2) is 0 Å². The van der Waals surface area contributed by atoms with Gasteiger partial charge in [-0.05, 0) is 19.9 Å². The maximum absolute atomic E-state index is 11.6. The van der Waals surface area contributed by atoms with E-state index in [1.54, 1.807) is 7.11 Å². The lowest BCUT2D eigenvalue weighted by Crippen LogP contribution is -2.16. The van der Waals surface area contributed by atoms with Crippen LogP contribution in [0.4, 0.5) is 0 Å². The highest BCUT2D eigenvalue weighted by molar-refractivity contribution is 5.78. The normalized spacial score (nSPS) is 22.9. The largest absolute Gasteiger partial charge is 0.496 e. The summed E-state index contributed by atoms with van der Waals surface area (Å²) in [7, 11) is 1.63. The molecule has 1 aromatic carbocycles. The summed E-state index contributed by atoms with van der Waals surface area (Å²) in [6.07, 6.45) is 0.519. The van der Waals surface area contributed by atoms with Crippen LogP contribution in [0.3, 0.4) is 0 Å². The van der Waals surface area contributed by atoms with Gasteiger partial charge in [-0.15, -0.1) is 0 Å². The molecule has 86 valence electrons. The predicted octanol–water partition coefficient (Wildman–Crippen LogP) is 2.71. The molecule has 1 heterocycles. The Balaban J connectivity index is 2.30. The van der Waals surface area contributed by atoms with Gasteiger partial charge in [0.25, 0.3) is 0 Å². The van der Waals surface area contributed by atoms with E-state index in [1.807, 2.05) is 38.1 Å². The zero-order chi connectivity index (χ0) is 11.8. The minimum Gasteiger partial charge on any atom is -0.496 e. The lowest BCUT2D eigenvalue weighted by molar-refractivity contribution is -0.147. The number of esters is 1. The molecule has 0 aliphatic carbocycles. The Morgan fingerprint density at radius 1 is 1.38 bits per heavy atom. The number of carbonyl (C=O) groups excluding carboxylic acids is 1. The first-order valence-electron chi connectivity index (χ1n) is 5.38. The maximum atomic E-state index is 11.6. The molecular weight excluding hydrogens is 204 g/mol. The number of rotatable bonds is 2. The Hall–Kier alpha value is -1.51. The van der Waals surface area contributed by atoms with E-state index in [4.69, 9.17) is 9.47 Å². The van der Waals surface area contributed by atoms with Crippen molar-refractivity contribution in [3.63, 3.8) is 0 Å². The van der Waals surface area contributed by atoms with Crippen LogP contribution >= 0.6 is 0 Å². The quantitative estimate of drug-likeness (QED) is 0.719. The van der Waals surface area contributed by atoms with Gasteiger partial charge in [-0.2, -0.15) is 0 Å². The molecule has 0 saturated carbocycles. The highest BCUT2D eigenvalue weighted by Crippen LogP contribution is 2.43. The number of methoxy groups -OCH3 is 1. The van der Waals surface area contributed by atoms with Crippen molar-refractivity contribution in [1.29, 1.82) is 0 Å². The number of para-hydroxylation sites is 1. The summed E-state index contributed by atoms with van der Waals surface area (Å²) in [5.41, 5.74) is 0.551. The molecule has 0 radical (unpaired) electrons. The number of ether oxygens (including phenoxy) is 2. The summed E-state index contributed by atoms with van der Waals surface area (Å²) < 4.78 is 10.7. The number of hydrogen-bond donors (Lipinski definition) is 0. The lowest BCUT2D eigenvalue weighted by Gasteiger charge is -2.14. The van der Waals surface area contributed by atoms with Crippen LogP contribution in [0.2, 0.25) is 0 Å². The number of hydrogen-bond acceptors (Lipinski definition) is 3. The number of carbonyl (C=O) groups is 1. The maximum Gasteiger partial charge on any atom is 0.312 e. The Bertz CT molecular complexity index is 409. The molecule has 1 atom stereocenters. The molecule has 0 aromatic heterocycles. The molecule has 1 saturated heterocycles. The summed E-state index contributed by atoms with van der Waals surface area (Å²) in [6.45, 7) is 3.81. The topological polar surface area (TPSA) is 35.5 Å². The van der Waals surface area contributed by atoms with Crippen LogP contribution in [0.5, 0.6) is 5.75 Å². The molecule has 0 N–H and O–H groups in total. The lowest BCUT2D eigenvalue weighted by atomic mass is 9.88. The third kappa shape index (κ3) is 1.77.